The minimum absolute atomic E-state index is 0.0564. The Hall–Kier alpha value is -1.53. The second-order valence-corrected chi connectivity index (χ2v) is 6.32. The first-order valence-electron chi connectivity index (χ1n) is 5.88. The molecule has 0 spiro atoms. The third kappa shape index (κ3) is 4.86. The Labute approximate surface area is 118 Å². The SMILES string of the molecule is COCCC(C)(O)CNS(=O)(=O)c1ccc(C#N)nc1. The summed E-state index contributed by atoms with van der Waals surface area (Å²) in [5.74, 6) is 0. The molecule has 1 aromatic heterocycles. The summed E-state index contributed by atoms with van der Waals surface area (Å²) in [6.07, 6.45) is 1.41. The predicted octanol–water partition coefficient (Wildman–Crippen LogP) is 0.0191. The zero-order valence-electron chi connectivity index (χ0n) is 11.3. The van der Waals surface area contributed by atoms with Crippen LogP contribution < -0.4 is 4.72 Å². The van der Waals surface area contributed by atoms with E-state index in [0.717, 1.165) is 6.20 Å². The highest BCUT2D eigenvalue weighted by molar-refractivity contribution is 7.89. The number of pyridine rings is 1. The van der Waals surface area contributed by atoms with Crippen molar-refractivity contribution in [1.82, 2.24) is 9.71 Å². The number of aromatic nitrogens is 1. The third-order valence-electron chi connectivity index (χ3n) is 2.65. The molecule has 0 aromatic carbocycles. The van der Waals surface area contributed by atoms with E-state index in [9.17, 15) is 13.5 Å². The van der Waals surface area contributed by atoms with Crippen LogP contribution in [-0.2, 0) is 14.8 Å². The summed E-state index contributed by atoms with van der Waals surface area (Å²) < 4.78 is 31.1. The van der Waals surface area contributed by atoms with Crippen molar-refractivity contribution in [2.75, 3.05) is 20.3 Å². The van der Waals surface area contributed by atoms with E-state index in [1.54, 1.807) is 6.07 Å². The summed E-state index contributed by atoms with van der Waals surface area (Å²) in [7, 11) is -2.26. The van der Waals surface area contributed by atoms with Gasteiger partial charge in [-0.05, 0) is 19.1 Å². The Morgan fingerprint density at radius 1 is 1.55 bits per heavy atom. The molecule has 1 rings (SSSR count). The zero-order chi connectivity index (χ0) is 15.2. The average molecular weight is 299 g/mol. The van der Waals surface area contributed by atoms with Crippen LogP contribution in [0, 0.1) is 11.3 Å². The molecular weight excluding hydrogens is 282 g/mol. The van der Waals surface area contributed by atoms with E-state index in [1.807, 2.05) is 0 Å². The summed E-state index contributed by atoms with van der Waals surface area (Å²) in [6, 6.07) is 4.41. The highest BCUT2D eigenvalue weighted by atomic mass is 32.2. The molecule has 2 N–H and O–H groups in total. The summed E-state index contributed by atoms with van der Waals surface area (Å²) in [6.45, 7) is 1.71. The number of hydrogen-bond acceptors (Lipinski definition) is 6. The number of nitrogens with one attached hydrogen (secondary N) is 1. The molecule has 110 valence electrons. The van der Waals surface area contributed by atoms with Crippen LogP contribution in [0.1, 0.15) is 19.0 Å². The van der Waals surface area contributed by atoms with Crippen LogP contribution in [0.25, 0.3) is 0 Å². The van der Waals surface area contributed by atoms with Gasteiger partial charge in [0.15, 0.2) is 0 Å². The molecule has 0 saturated heterocycles. The summed E-state index contributed by atoms with van der Waals surface area (Å²) in [5, 5.41) is 18.6. The van der Waals surface area contributed by atoms with Gasteiger partial charge in [0, 0.05) is 32.9 Å². The van der Waals surface area contributed by atoms with E-state index in [-0.39, 0.29) is 17.1 Å². The first-order chi connectivity index (χ1) is 9.30. The maximum absolute atomic E-state index is 12.0. The zero-order valence-corrected chi connectivity index (χ0v) is 12.1. The highest BCUT2D eigenvalue weighted by Crippen LogP contribution is 2.11. The van der Waals surface area contributed by atoms with Crippen LogP contribution >= 0.6 is 0 Å². The Kier molecular flexibility index (Phi) is 5.59. The summed E-state index contributed by atoms with van der Waals surface area (Å²) >= 11 is 0. The highest BCUT2D eigenvalue weighted by Gasteiger charge is 2.24. The smallest absolute Gasteiger partial charge is 0.242 e. The number of methoxy groups -OCH3 is 1. The van der Waals surface area contributed by atoms with Crippen molar-refractivity contribution in [1.29, 1.82) is 5.26 Å². The number of rotatable bonds is 7. The Morgan fingerprint density at radius 3 is 2.75 bits per heavy atom. The maximum atomic E-state index is 12.0. The van der Waals surface area contributed by atoms with Gasteiger partial charge in [-0.1, -0.05) is 0 Å². The number of sulfonamides is 1. The number of ether oxygens (including phenoxy) is 1. The van der Waals surface area contributed by atoms with Gasteiger partial charge in [-0.3, -0.25) is 0 Å². The van der Waals surface area contributed by atoms with Crippen LogP contribution in [0.3, 0.4) is 0 Å². The van der Waals surface area contributed by atoms with Crippen molar-refractivity contribution in [3.05, 3.63) is 24.0 Å². The predicted molar refractivity (Wildman–Crippen MR) is 71.3 cm³/mol. The largest absolute Gasteiger partial charge is 0.389 e. The van der Waals surface area contributed by atoms with E-state index < -0.39 is 15.6 Å². The monoisotopic (exact) mass is 299 g/mol. The molecule has 1 atom stereocenters. The van der Waals surface area contributed by atoms with Crippen LogP contribution in [0.5, 0.6) is 0 Å². The van der Waals surface area contributed by atoms with Crippen LogP contribution in [0.2, 0.25) is 0 Å². The number of nitriles is 1. The van der Waals surface area contributed by atoms with Gasteiger partial charge in [0.25, 0.3) is 0 Å². The lowest BCUT2D eigenvalue weighted by molar-refractivity contribution is 0.0292. The van der Waals surface area contributed by atoms with Crippen molar-refractivity contribution < 1.29 is 18.3 Å². The quantitative estimate of drug-likeness (QED) is 0.734. The molecule has 7 nitrogen and oxygen atoms in total. The van der Waals surface area contributed by atoms with Gasteiger partial charge < -0.3 is 9.84 Å². The van der Waals surface area contributed by atoms with Crippen molar-refractivity contribution in [3.63, 3.8) is 0 Å². The third-order valence-corrected chi connectivity index (χ3v) is 4.04. The number of nitrogens with zero attached hydrogens (tertiary/aromatic N) is 2. The summed E-state index contributed by atoms with van der Waals surface area (Å²) in [4.78, 5) is 3.64. The van der Waals surface area contributed by atoms with Gasteiger partial charge in [0.1, 0.15) is 16.7 Å². The lowest BCUT2D eigenvalue weighted by Crippen LogP contribution is -2.41. The first-order valence-corrected chi connectivity index (χ1v) is 7.36. The van der Waals surface area contributed by atoms with E-state index in [0.29, 0.717) is 13.0 Å². The van der Waals surface area contributed by atoms with Crippen molar-refractivity contribution in [2.24, 2.45) is 0 Å². The molecule has 8 heteroatoms. The first kappa shape index (κ1) is 16.5. The lowest BCUT2D eigenvalue weighted by atomic mass is 10.0. The number of aliphatic hydroxyl groups is 1. The van der Waals surface area contributed by atoms with Gasteiger partial charge in [-0.25, -0.2) is 18.1 Å². The fraction of sp³-hybridized carbons (Fsp3) is 0.500. The normalized spacial score (nSPS) is 14.5. The fourth-order valence-corrected chi connectivity index (χ4v) is 2.46. The molecule has 1 unspecified atom stereocenters. The molecule has 0 aliphatic carbocycles. The van der Waals surface area contributed by atoms with Crippen molar-refractivity contribution in [2.45, 2.75) is 23.8 Å². The van der Waals surface area contributed by atoms with Crippen molar-refractivity contribution >= 4 is 10.0 Å². The molecule has 1 aromatic rings. The molecule has 0 amide bonds. The maximum Gasteiger partial charge on any atom is 0.242 e. The molecule has 0 aliphatic heterocycles. The van der Waals surface area contributed by atoms with Crippen LogP contribution in [0.15, 0.2) is 23.2 Å². The van der Waals surface area contributed by atoms with Gasteiger partial charge >= 0.3 is 0 Å². The van der Waals surface area contributed by atoms with Crippen LogP contribution in [0.4, 0.5) is 0 Å². The van der Waals surface area contributed by atoms with E-state index >= 15 is 0 Å². The minimum Gasteiger partial charge on any atom is -0.389 e. The molecule has 1 heterocycles. The lowest BCUT2D eigenvalue weighted by Gasteiger charge is -2.23. The fourth-order valence-electron chi connectivity index (χ4n) is 1.35. The summed E-state index contributed by atoms with van der Waals surface area (Å²) in [5.41, 5.74) is -1.07. The molecule has 0 saturated carbocycles. The second kappa shape index (κ2) is 6.76. The van der Waals surface area contributed by atoms with Crippen molar-refractivity contribution in [3.8, 4) is 6.07 Å². The van der Waals surface area contributed by atoms with E-state index in [1.165, 1.54) is 26.2 Å². The van der Waals surface area contributed by atoms with Gasteiger partial charge in [0.2, 0.25) is 10.0 Å². The topological polar surface area (TPSA) is 112 Å². The number of hydrogen-bond donors (Lipinski definition) is 2. The van der Waals surface area contributed by atoms with Gasteiger partial charge in [-0.15, -0.1) is 0 Å². The van der Waals surface area contributed by atoms with Gasteiger partial charge in [0.05, 0.1) is 5.60 Å². The molecule has 0 aliphatic rings. The van der Waals surface area contributed by atoms with E-state index in [2.05, 4.69) is 9.71 Å². The molecule has 0 fully saturated rings. The Bertz CT molecular complexity index is 576. The van der Waals surface area contributed by atoms with E-state index in [4.69, 9.17) is 10.00 Å². The molecule has 0 radical (unpaired) electrons. The standard InChI is InChI=1S/C12H17N3O4S/c1-12(16,5-6-19-2)9-15-20(17,18)11-4-3-10(7-13)14-8-11/h3-4,8,15-16H,5-6,9H2,1-2H3. The average Bonchev–Trinajstić information content (AvgIpc) is 2.43. The minimum atomic E-state index is -3.77. The van der Waals surface area contributed by atoms with Gasteiger partial charge in [-0.2, -0.15) is 5.26 Å². The molecule has 20 heavy (non-hydrogen) atoms. The second-order valence-electron chi connectivity index (χ2n) is 4.56. The Morgan fingerprint density at radius 2 is 2.25 bits per heavy atom. The molecular formula is C12H17N3O4S. The Balaban J connectivity index is 2.72. The van der Waals surface area contributed by atoms with Crippen LogP contribution in [-0.4, -0.2) is 44.4 Å². The molecule has 0 bridgehead atoms.